The molecule has 0 aromatic rings. The van der Waals surface area contributed by atoms with Gasteiger partial charge in [-0.15, -0.1) is 0 Å². The van der Waals surface area contributed by atoms with Crippen molar-refractivity contribution in [2.24, 2.45) is 17.8 Å². The van der Waals surface area contributed by atoms with Crippen LogP contribution in [0, 0.1) is 17.8 Å². The summed E-state index contributed by atoms with van der Waals surface area (Å²) in [5, 5.41) is 7.46. The average Bonchev–Trinajstić information content (AvgIpc) is 2.11. The molecule has 4 rings (SSSR count). The lowest BCUT2D eigenvalue weighted by Gasteiger charge is -2.57. The van der Waals surface area contributed by atoms with E-state index in [0.717, 1.165) is 24.4 Å². The summed E-state index contributed by atoms with van der Waals surface area (Å²) >= 11 is 0. The van der Waals surface area contributed by atoms with Gasteiger partial charge in [-0.05, 0) is 77.0 Å². The molecule has 4 fully saturated rings. The van der Waals surface area contributed by atoms with Gasteiger partial charge in [-0.2, -0.15) is 0 Å². The molecule has 0 radical (unpaired) electrons. The minimum Gasteiger partial charge on any atom is -0.300 e. The Kier molecular flexibility index (Phi) is 2.79. The van der Waals surface area contributed by atoms with E-state index in [-0.39, 0.29) is 5.54 Å². The minimum atomic E-state index is 0.231. The smallest absolute Gasteiger partial charge is 0.0462 e. The van der Waals surface area contributed by atoms with Crippen LogP contribution >= 0.6 is 0 Å². The zero-order chi connectivity index (χ0) is 12.1. The molecule has 0 spiro atoms. The van der Waals surface area contributed by atoms with Crippen molar-refractivity contribution in [3.05, 3.63) is 0 Å². The van der Waals surface area contributed by atoms with Crippen molar-refractivity contribution in [3.8, 4) is 0 Å². The Balaban J connectivity index is 1.59. The van der Waals surface area contributed by atoms with Gasteiger partial charge in [0.2, 0.25) is 0 Å². The first-order valence-corrected chi connectivity index (χ1v) is 7.44. The predicted molar refractivity (Wildman–Crippen MR) is 71.8 cm³/mol. The molecule has 0 aromatic carbocycles. The number of hydrogen-bond acceptors (Lipinski definition) is 2. The maximum atomic E-state index is 3.87. The summed E-state index contributed by atoms with van der Waals surface area (Å²) in [6, 6.07) is 0. The topological polar surface area (TPSA) is 24.1 Å². The fourth-order valence-electron chi connectivity index (χ4n) is 4.82. The Bertz CT molecular complexity index is 255. The molecule has 0 saturated heterocycles. The summed E-state index contributed by atoms with van der Waals surface area (Å²) in [7, 11) is 0. The molecule has 2 nitrogen and oxygen atoms in total. The second kappa shape index (κ2) is 3.96. The highest BCUT2D eigenvalue weighted by Crippen LogP contribution is 2.55. The van der Waals surface area contributed by atoms with E-state index < -0.39 is 0 Å². The summed E-state index contributed by atoms with van der Waals surface area (Å²) in [5.41, 5.74) is 0.738. The molecule has 17 heavy (non-hydrogen) atoms. The standard InChI is InChI=1S/C15H28N2/c1-14(2,3)16-10-17-15-7-11-4-12(8-15)6-13(5-11)9-15/h11-13,16-17H,4-10H2,1-3H3. The van der Waals surface area contributed by atoms with Gasteiger partial charge in [-0.25, -0.2) is 0 Å². The van der Waals surface area contributed by atoms with Crippen LogP contribution in [0.4, 0.5) is 0 Å². The Morgan fingerprint density at radius 3 is 1.82 bits per heavy atom. The monoisotopic (exact) mass is 236 g/mol. The van der Waals surface area contributed by atoms with Crippen LogP contribution in [0.2, 0.25) is 0 Å². The van der Waals surface area contributed by atoms with Gasteiger partial charge in [0.15, 0.2) is 0 Å². The van der Waals surface area contributed by atoms with Crippen LogP contribution in [0.5, 0.6) is 0 Å². The summed E-state index contributed by atoms with van der Waals surface area (Å²) in [6.45, 7) is 7.72. The first kappa shape index (κ1) is 12.0. The SMILES string of the molecule is CC(C)(C)NCNC12CC3CC(CC(C3)C1)C2. The maximum Gasteiger partial charge on any atom is 0.0462 e. The van der Waals surface area contributed by atoms with Gasteiger partial charge in [-0.3, -0.25) is 10.6 Å². The van der Waals surface area contributed by atoms with Gasteiger partial charge in [0, 0.05) is 17.7 Å². The molecular weight excluding hydrogens is 208 g/mol. The number of hydrogen-bond donors (Lipinski definition) is 2. The van der Waals surface area contributed by atoms with Crippen LogP contribution in [0.15, 0.2) is 0 Å². The highest BCUT2D eigenvalue weighted by molar-refractivity contribution is 5.06. The molecule has 0 aliphatic heterocycles. The number of nitrogens with one attached hydrogen (secondary N) is 2. The highest BCUT2D eigenvalue weighted by Gasteiger charge is 2.50. The van der Waals surface area contributed by atoms with Gasteiger partial charge in [0.05, 0.1) is 0 Å². The van der Waals surface area contributed by atoms with Crippen LogP contribution in [-0.2, 0) is 0 Å². The summed E-state index contributed by atoms with van der Waals surface area (Å²) < 4.78 is 0. The second-order valence-corrected chi connectivity index (χ2v) is 7.98. The van der Waals surface area contributed by atoms with E-state index in [0.29, 0.717) is 5.54 Å². The van der Waals surface area contributed by atoms with Gasteiger partial charge < -0.3 is 0 Å². The van der Waals surface area contributed by atoms with Crippen molar-refractivity contribution in [1.29, 1.82) is 0 Å². The van der Waals surface area contributed by atoms with Gasteiger partial charge in [0.25, 0.3) is 0 Å². The zero-order valence-electron chi connectivity index (χ0n) is 11.7. The quantitative estimate of drug-likeness (QED) is 0.736. The average molecular weight is 236 g/mol. The van der Waals surface area contributed by atoms with E-state index in [2.05, 4.69) is 31.4 Å². The largest absolute Gasteiger partial charge is 0.300 e. The van der Waals surface area contributed by atoms with E-state index in [1.54, 1.807) is 0 Å². The molecule has 2 N–H and O–H groups in total. The molecule has 4 aliphatic rings. The van der Waals surface area contributed by atoms with Crippen LogP contribution in [0.1, 0.15) is 59.3 Å². The summed E-state index contributed by atoms with van der Waals surface area (Å²) in [4.78, 5) is 0. The van der Waals surface area contributed by atoms with Crippen LogP contribution in [0.25, 0.3) is 0 Å². The van der Waals surface area contributed by atoms with Crippen molar-refractivity contribution >= 4 is 0 Å². The van der Waals surface area contributed by atoms with Crippen LogP contribution in [-0.4, -0.2) is 17.7 Å². The Morgan fingerprint density at radius 2 is 1.41 bits per heavy atom. The Morgan fingerprint density at radius 1 is 0.941 bits per heavy atom. The normalized spacial score (nSPS) is 44.3. The van der Waals surface area contributed by atoms with Crippen molar-refractivity contribution < 1.29 is 0 Å². The molecule has 4 aliphatic carbocycles. The second-order valence-electron chi connectivity index (χ2n) is 7.98. The molecule has 0 atom stereocenters. The van der Waals surface area contributed by atoms with Gasteiger partial charge in [-0.1, -0.05) is 0 Å². The molecule has 4 bridgehead atoms. The van der Waals surface area contributed by atoms with E-state index >= 15 is 0 Å². The third-order valence-electron chi connectivity index (χ3n) is 5.12. The lowest BCUT2D eigenvalue weighted by molar-refractivity contribution is -0.0211. The predicted octanol–water partition coefficient (Wildman–Crippen LogP) is 2.89. The van der Waals surface area contributed by atoms with E-state index in [1.165, 1.54) is 38.5 Å². The summed E-state index contributed by atoms with van der Waals surface area (Å²) in [5.74, 6) is 3.13. The molecule has 0 unspecified atom stereocenters. The third kappa shape index (κ3) is 2.53. The molecule has 98 valence electrons. The van der Waals surface area contributed by atoms with E-state index in [4.69, 9.17) is 0 Å². The molecule has 2 heteroatoms. The fraction of sp³-hybridized carbons (Fsp3) is 1.00. The van der Waals surface area contributed by atoms with E-state index in [1.807, 2.05) is 0 Å². The van der Waals surface area contributed by atoms with Crippen molar-refractivity contribution in [2.75, 3.05) is 6.67 Å². The minimum absolute atomic E-state index is 0.231. The lowest BCUT2D eigenvalue weighted by Crippen LogP contribution is -2.60. The molecule has 0 aromatic heterocycles. The lowest BCUT2D eigenvalue weighted by atomic mass is 9.53. The molecule has 0 amide bonds. The van der Waals surface area contributed by atoms with Crippen LogP contribution in [0.3, 0.4) is 0 Å². The maximum absolute atomic E-state index is 3.87. The van der Waals surface area contributed by atoms with Gasteiger partial charge >= 0.3 is 0 Å². The van der Waals surface area contributed by atoms with Crippen molar-refractivity contribution in [1.82, 2.24) is 10.6 Å². The van der Waals surface area contributed by atoms with E-state index in [9.17, 15) is 0 Å². The number of rotatable bonds is 3. The zero-order valence-corrected chi connectivity index (χ0v) is 11.7. The molecular formula is C15H28N2. The van der Waals surface area contributed by atoms with Crippen molar-refractivity contribution in [3.63, 3.8) is 0 Å². The third-order valence-corrected chi connectivity index (χ3v) is 5.12. The summed E-state index contributed by atoms with van der Waals surface area (Å²) in [6.07, 6.45) is 8.95. The highest BCUT2D eigenvalue weighted by atomic mass is 15.1. The van der Waals surface area contributed by atoms with Gasteiger partial charge in [0.1, 0.15) is 0 Å². The molecule has 0 heterocycles. The molecule has 4 saturated carbocycles. The fourth-order valence-corrected chi connectivity index (χ4v) is 4.82. The van der Waals surface area contributed by atoms with Crippen LogP contribution < -0.4 is 10.6 Å². The Hall–Kier alpha value is -0.0800. The first-order valence-electron chi connectivity index (χ1n) is 7.44. The van der Waals surface area contributed by atoms with Crippen molar-refractivity contribution in [2.45, 2.75) is 70.4 Å². The Labute approximate surface area is 106 Å². The first-order chi connectivity index (χ1) is 7.94.